The van der Waals surface area contributed by atoms with Crippen LogP contribution in [0.15, 0.2) is 95.4 Å². The fourth-order valence-electron chi connectivity index (χ4n) is 4.94. The van der Waals surface area contributed by atoms with Gasteiger partial charge in [-0.05, 0) is 36.8 Å². The number of nitrogens with one attached hydrogen (secondary N) is 3. The van der Waals surface area contributed by atoms with Crippen LogP contribution in [0.4, 0.5) is 11.5 Å². The van der Waals surface area contributed by atoms with Crippen molar-refractivity contribution in [2.24, 2.45) is 16.0 Å². The van der Waals surface area contributed by atoms with Gasteiger partial charge in [0, 0.05) is 35.3 Å². The Kier molecular flexibility index (Phi) is 8.29. The van der Waals surface area contributed by atoms with E-state index < -0.39 is 27.4 Å². The van der Waals surface area contributed by atoms with Gasteiger partial charge in [-0.2, -0.15) is 0 Å². The number of sulfonamides is 1. The summed E-state index contributed by atoms with van der Waals surface area (Å²) in [5.41, 5.74) is 6.81. The highest BCUT2D eigenvalue weighted by atomic mass is 32.2. The second kappa shape index (κ2) is 12.1. The van der Waals surface area contributed by atoms with Crippen LogP contribution in [0, 0.1) is 5.41 Å². The Bertz CT molecular complexity index is 1860. The molecule has 3 aromatic carbocycles. The number of imidazole rings is 1. The third-order valence-corrected chi connectivity index (χ3v) is 8.15. The maximum absolute atomic E-state index is 13.9. The molecular weight excluding hydrogens is 584 g/mol. The first-order chi connectivity index (χ1) is 21.0. The Morgan fingerprint density at radius 3 is 2.50 bits per heavy atom. The molecule has 0 bridgehead atoms. The number of nitrogen functional groups attached to an aromatic ring is 1. The van der Waals surface area contributed by atoms with Crippen LogP contribution in [0.2, 0.25) is 0 Å². The highest BCUT2D eigenvalue weighted by Gasteiger charge is 2.49. The first-order valence-corrected chi connectivity index (χ1v) is 15.1. The predicted molar refractivity (Wildman–Crippen MR) is 166 cm³/mol. The molecule has 2 heterocycles. The van der Waals surface area contributed by atoms with E-state index in [2.05, 4.69) is 20.4 Å². The van der Waals surface area contributed by atoms with Crippen LogP contribution in [-0.4, -0.2) is 53.9 Å². The lowest BCUT2D eigenvalue weighted by Crippen LogP contribution is -2.48. The van der Waals surface area contributed by atoms with Crippen LogP contribution in [0.5, 0.6) is 0 Å². The topological polar surface area (TPSA) is 210 Å². The van der Waals surface area contributed by atoms with Gasteiger partial charge in [0.05, 0.1) is 29.6 Å². The molecule has 0 radical (unpaired) electrons. The molecule has 0 fully saturated rings. The van der Waals surface area contributed by atoms with Gasteiger partial charge in [0.25, 0.3) is 5.91 Å². The summed E-state index contributed by atoms with van der Waals surface area (Å²) in [5.74, 6) is -0.656. The quantitative estimate of drug-likeness (QED) is 0.133. The molecule has 1 atom stereocenters. The fraction of sp³-hybridized carbons (Fsp3) is 0.167. The summed E-state index contributed by atoms with van der Waals surface area (Å²) in [6.07, 6.45) is 2.58. The van der Waals surface area contributed by atoms with Crippen molar-refractivity contribution in [2.75, 3.05) is 16.8 Å². The van der Waals surface area contributed by atoms with E-state index >= 15 is 0 Å². The number of anilines is 2. The minimum Gasteiger partial charge on any atom is -0.384 e. The first-order valence-electron chi connectivity index (χ1n) is 13.5. The van der Waals surface area contributed by atoms with Gasteiger partial charge in [-0.15, -0.1) is 0 Å². The summed E-state index contributed by atoms with van der Waals surface area (Å²) in [6, 6.07) is 19.7. The zero-order valence-electron chi connectivity index (χ0n) is 23.7. The molecule has 1 aliphatic heterocycles. The zero-order chi connectivity index (χ0) is 31.5. The van der Waals surface area contributed by atoms with Gasteiger partial charge in [0.1, 0.15) is 11.7 Å². The van der Waals surface area contributed by atoms with E-state index in [9.17, 15) is 18.0 Å². The number of hydrogen-bond acceptors (Lipinski definition) is 8. The second-order valence-corrected chi connectivity index (χ2v) is 11.6. The van der Waals surface area contributed by atoms with Crippen molar-refractivity contribution < 1.29 is 22.8 Å². The van der Waals surface area contributed by atoms with Crippen molar-refractivity contribution in [3.8, 4) is 11.1 Å². The second-order valence-electron chi connectivity index (χ2n) is 10.1. The standard InChI is InChI=1S/C30H30N8O5S/c1-2-38(26-17-34-18-35-26)27(39)16-30(15-24(37-43-30)20-6-5-7-21(14-20)28(31)32)29(40)36-22-12-10-19(11-13-22)23-8-3-4-9-25(23)44(33,41)42/h3-14,17-18H,2,15-16H2,1H3,(H3,31,32)(H,34,35)(H,36,40)(H2,33,41,42). The van der Waals surface area contributed by atoms with E-state index in [-0.39, 0.29) is 23.6 Å². The number of aromatic nitrogens is 2. The van der Waals surface area contributed by atoms with Crippen LogP contribution < -0.4 is 21.1 Å². The number of rotatable bonds is 10. The van der Waals surface area contributed by atoms with Crippen molar-refractivity contribution >= 4 is 44.9 Å². The van der Waals surface area contributed by atoms with Gasteiger partial charge < -0.3 is 20.9 Å². The number of nitrogens with zero attached hydrogens (tertiary/aromatic N) is 3. The van der Waals surface area contributed by atoms with E-state index in [0.717, 1.165) is 0 Å². The van der Waals surface area contributed by atoms with Crippen molar-refractivity contribution in [1.82, 2.24) is 9.97 Å². The fourth-order valence-corrected chi connectivity index (χ4v) is 5.70. The average molecular weight is 615 g/mol. The summed E-state index contributed by atoms with van der Waals surface area (Å²) < 4.78 is 24.2. The number of oxime groups is 1. The number of carbonyl (C=O) groups is 2. The largest absolute Gasteiger partial charge is 0.384 e. The van der Waals surface area contributed by atoms with Gasteiger partial charge in [-0.25, -0.2) is 18.5 Å². The minimum absolute atomic E-state index is 0.0233. The highest BCUT2D eigenvalue weighted by molar-refractivity contribution is 7.89. The van der Waals surface area contributed by atoms with Gasteiger partial charge in [-0.1, -0.05) is 53.7 Å². The van der Waals surface area contributed by atoms with Crippen LogP contribution in [0.3, 0.4) is 0 Å². The van der Waals surface area contributed by atoms with E-state index in [1.54, 1.807) is 73.7 Å². The van der Waals surface area contributed by atoms with Crippen molar-refractivity contribution in [3.05, 3.63) is 96.4 Å². The Morgan fingerprint density at radius 2 is 1.84 bits per heavy atom. The lowest BCUT2D eigenvalue weighted by molar-refractivity contribution is -0.144. The molecule has 44 heavy (non-hydrogen) atoms. The Balaban J connectivity index is 1.43. The molecule has 1 aliphatic rings. The van der Waals surface area contributed by atoms with Crippen molar-refractivity contribution in [3.63, 3.8) is 0 Å². The molecule has 7 N–H and O–H groups in total. The third kappa shape index (κ3) is 6.21. The smallest absolute Gasteiger partial charge is 0.272 e. The van der Waals surface area contributed by atoms with E-state index in [1.807, 2.05) is 0 Å². The van der Waals surface area contributed by atoms with E-state index in [4.69, 9.17) is 21.1 Å². The molecule has 0 aliphatic carbocycles. The molecule has 226 valence electrons. The minimum atomic E-state index is -3.96. The number of nitrogens with two attached hydrogens (primary N) is 2. The molecule has 1 aromatic heterocycles. The van der Waals surface area contributed by atoms with Crippen LogP contribution in [0.25, 0.3) is 11.1 Å². The van der Waals surface area contributed by atoms with Gasteiger partial charge in [-0.3, -0.25) is 19.9 Å². The summed E-state index contributed by atoms with van der Waals surface area (Å²) >= 11 is 0. The Morgan fingerprint density at radius 1 is 1.09 bits per heavy atom. The molecule has 14 heteroatoms. The Hall–Kier alpha value is -5.34. The molecule has 13 nitrogen and oxygen atoms in total. The van der Waals surface area contributed by atoms with Crippen LogP contribution in [0.1, 0.15) is 30.9 Å². The summed E-state index contributed by atoms with van der Waals surface area (Å²) in [7, 11) is -3.96. The molecular formula is C30H30N8O5S. The maximum atomic E-state index is 13.9. The molecule has 0 spiro atoms. The summed E-state index contributed by atoms with van der Waals surface area (Å²) in [6.45, 7) is 2.11. The SMILES string of the molecule is CCN(C(=O)CC1(C(=O)Nc2ccc(-c3ccccc3S(N)(=O)=O)cc2)CC(c2cccc(C(=N)N)c2)=NO1)c1cnc[nH]1. The Labute approximate surface area is 253 Å². The molecule has 2 amide bonds. The normalized spacial score (nSPS) is 16.1. The lowest BCUT2D eigenvalue weighted by Gasteiger charge is -2.28. The maximum Gasteiger partial charge on any atom is 0.272 e. The number of benzene rings is 3. The van der Waals surface area contributed by atoms with Crippen LogP contribution >= 0.6 is 0 Å². The van der Waals surface area contributed by atoms with Crippen molar-refractivity contribution in [1.29, 1.82) is 5.41 Å². The van der Waals surface area contributed by atoms with E-state index in [0.29, 0.717) is 46.0 Å². The molecule has 5 rings (SSSR count). The molecule has 4 aromatic rings. The van der Waals surface area contributed by atoms with Gasteiger partial charge in [0.15, 0.2) is 0 Å². The zero-order valence-corrected chi connectivity index (χ0v) is 24.5. The predicted octanol–water partition coefficient (Wildman–Crippen LogP) is 2.95. The number of amidine groups is 1. The number of carbonyl (C=O) groups excluding carboxylic acids is 2. The lowest BCUT2D eigenvalue weighted by atomic mass is 9.89. The summed E-state index contributed by atoms with van der Waals surface area (Å²) in [5, 5.41) is 20.2. The monoisotopic (exact) mass is 614 g/mol. The van der Waals surface area contributed by atoms with E-state index in [1.165, 1.54) is 23.5 Å². The number of primary sulfonamides is 1. The first kappa shape index (κ1) is 30.1. The van der Waals surface area contributed by atoms with Gasteiger partial charge >= 0.3 is 0 Å². The van der Waals surface area contributed by atoms with Gasteiger partial charge in [0.2, 0.25) is 21.5 Å². The molecule has 1 unspecified atom stereocenters. The summed E-state index contributed by atoms with van der Waals surface area (Å²) in [4.78, 5) is 41.6. The number of amides is 2. The highest BCUT2D eigenvalue weighted by Crippen LogP contribution is 2.34. The average Bonchev–Trinajstić information content (AvgIpc) is 3.69. The molecule has 0 saturated heterocycles. The number of H-pyrrole nitrogens is 1. The number of aromatic amines is 1. The molecule has 0 saturated carbocycles. The number of hydrogen-bond donors (Lipinski definition) is 5. The van der Waals surface area contributed by atoms with Crippen molar-refractivity contribution in [2.45, 2.75) is 30.3 Å². The van der Waals surface area contributed by atoms with Crippen LogP contribution in [-0.2, 0) is 24.4 Å². The third-order valence-electron chi connectivity index (χ3n) is 7.18.